The Bertz CT molecular complexity index is 1200. The van der Waals surface area contributed by atoms with Crippen LogP contribution in [0.5, 0.6) is 0 Å². The summed E-state index contributed by atoms with van der Waals surface area (Å²) in [6.07, 6.45) is 4.97. The van der Waals surface area contributed by atoms with Crippen molar-refractivity contribution in [2.24, 2.45) is 0 Å². The second kappa shape index (κ2) is 11.7. The maximum absolute atomic E-state index is 12.9. The number of anilines is 1. The molecule has 7 heteroatoms. The largest absolute Gasteiger partial charge is 0.348 e. The fourth-order valence-electron chi connectivity index (χ4n) is 4.74. The minimum Gasteiger partial charge on any atom is -0.325 e. The lowest BCUT2D eigenvalue weighted by molar-refractivity contribution is -0.113. The Balaban J connectivity index is 1.46. The van der Waals surface area contributed by atoms with E-state index in [-0.39, 0.29) is 17.3 Å². The molecule has 0 aliphatic heterocycles. The van der Waals surface area contributed by atoms with Gasteiger partial charge in [-0.25, -0.2) is 4.79 Å². The van der Waals surface area contributed by atoms with Crippen molar-refractivity contribution in [2.75, 3.05) is 30.7 Å². The predicted molar refractivity (Wildman–Crippen MR) is 141 cm³/mol. The number of carbonyl (C=O) groups excluding carboxylic acids is 1. The van der Waals surface area contributed by atoms with E-state index < -0.39 is 0 Å². The molecule has 0 saturated carbocycles. The molecular formula is C27H34N4O2S. The van der Waals surface area contributed by atoms with Crippen molar-refractivity contribution in [3.8, 4) is 0 Å². The summed E-state index contributed by atoms with van der Waals surface area (Å²) < 4.78 is 1.89. The molecule has 2 aromatic carbocycles. The highest BCUT2D eigenvalue weighted by atomic mass is 32.2. The lowest BCUT2D eigenvalue weighted by atomic mass is 9.97. The zero-order valence-corrected chi connectivity index (χ0v) is 21.0. The highest BCUT2D eigenvalue weighted by Crippen LogP contribution is 2.29. The first-order valence-corrected chi connectivity index (χ1v) is 13.3. The third-order valence-electron chi connectivity index (χ3n) is 6.60. The van der Waals surface area contributed by atoms with E-state index in [4.69, 9.17) is 0 Å². The van der Waals surface area contributed by atoms with Gasteiger partial charge in [0.15, 0.2) is 0 Å². The van der Waals surface area contributed by atoms with Crippen molar-refractivity contribution in [1.82, 2.24) is 14.5 Å². The standard InChI is InChI=1S/C27H34N4O2S/c1-3-30(4-2)17-10-18-31-24-16-8-7-14-22(24)26(29-27(31)33)34-19-25(32)28-23-15-9-12-20-11-5-6-13-21(20)23/h5-6,9,11-13,15H,3-4,7-8,10,14,16-19H2,1-2H3,(H,28,32). The Labute approximate surface area is 205 Å². The number of benzene rings is 2. The monoisotopic (exact) mass is 478 g/mol. The molecule has 4 rings (SSSR count). The van der Waals surface area contributed by atoms with E-state index in [1.54, 1.807) is 0 Å². The Hall–Kier alpha value is -2.64. The van der Waals surface area contributed by atoms with Gasteiger partial charge in [0.25, 0.3) is 0 Å². The van der Waals surface area contributed by atoms with Gasteiger partial charge in [-0.05, 0) is 63.2 Å². The summed E-state index contributed by atoms with van der Waals surface area (Å²) in [5.41, 5.74) is 2.92. The molecular weight excluding hydrogens is 444 g/mol. The van der Waals surface area contributed by atoms with Gasteiger partial charge in [0.1, 0.15) is 5.03 Å². The zero-order chi connectivity index (χ0) is 23.9. The van der Waals surface area contributed by atoms with Crippen LogP contribution in [-0.2, 0) is 24.2 Å². The van der Waals surface area contributed by atoms with Gasteiger partial charge >= 0.3 is 5.69 Å². The Morgan fingerprint density at radius 1 is 1.09 bits per heavy atom. The molecule has 0 unspecified atom stereocenters. The lowest BCUT2D eigenvalue weighted by Gasteiger charge is -2.23. The first-order valence-electron chi connectivity index (χ1n) is 12.4. The normalized spacial score (nSPS) is 13.3. The van der Waals surface area contributed by atoms with Gasteiger partial charge in [0, 0.05) is 28.9 Å². The average molecular weight is 479 g/mol. The summed E-state index contributed by atoms with van der Waals surface area (Å²) in [5, 5.41) is 5.88. The van der Waals surface area contributed by atoms with Crippen LogP contribution in [0.25, 0.3) is 10.8 Å². The number of carbonyl (C=O) groups is 1. The lowest BCUT2D eigenvalue weighted by Crippen LogP contribution is -2.32. The van der Waals surface area contributed by atoms with Crippen LogP contribution < -0.4 is 11.0 Å². The van der Waals surface area contributed by atoms with Crippen LogP contribution >= 0.6 is 11.8 Å². The highest BCUT2D eigenvalue weighted by molar-refractivity contribution is 8.00. The van der Waals surface area contributed by atoms with E-state index in [1.807, 2.05) is 47.0 Å². The van der Waals surface area contributed by atoms with Crippen LogP contribution in [0.3, 0.4) is 0 Å². The number of rotatable bonds is 10. The predicted octanol–water partition coefficient (Wildman–Crippen LogP) is 4.74. The number of nitrogens with zero attached hydrogens (tertiary/aromatic N) is 3. The molecule has 0 atom stereocenters. The van der Waals surface area contributed by atoms with Crippen molar-refractivity contribution in [3.05, 3.63) is 64.2 Å². The first kappa shape index (κ1) is 24.5. The summed E-state index contributed by atoms with van der Waals surface area (Å²) >= 11 is 1.38. The van der Waals surface area contributed by atoms with Crippen molar-refractivity contribution >= 4 is 34.1 Å². The van der Waals surface area contributed by atoms with E-state index in [2.05, 4.69) is 29.0 Å². The summed E-state index contributed by atoms with van der Waals surface area (Å²) in [7, 11) is 0. The van der Waals surface area contributed by atoms with Gasteiger partial charge in [-0.1, -0.05) is 62.0 Å². The molecule has 0 spiro atoms. The van der Waals surface area contributed by atoms with Crippen LogP contribution in [-0.4, -0.2) is 45.7 Å². The number of hydrogen-bond donors (Lipinski definition) is 1. The maximum Gasteiger partial charge on any atom is 0.348 e. The number of fused-ring (bicyclic) bond motifs is 2. The van der Waals surface area contributed by atoms with Gasteiger partial charge in [0.2, 0.25) is 5.91 Å². The smallest absolute Gasteiger partial charge is 0.325 e. The molecule has 1 heterocycles. The first-order chi connectivity index (χ1) is 16.6. The molecule has 1 aromatic heterocycles. The van der Waals surface area contributed by atoms with E-state index >= 15 is 0 Å². The summed E-state index contributed by atoms with van der Waals surface area (Å²) in [4.78, 5) is 32.5. The fourth-order valence-corrected chi connectivity index (χ4v) is 5.62. The molecule has 180 valence electrons. The van der Waals surface area contributed by atoms with Crippen molar-refractivity contribution < 1.29 is 4.79 Å². The second-order valence-electron chi connectivity index (χ2n) is 8.73. The highest BCUT2D eigenvalue weighted by Gasteiger charge is 2.21. The molecule has 0 saturated heterocycles. The Kier molecular flexibility index (Phi) is 8.40. The Morgan fingerprint density at radius 3 is 2.68 bits per heavy atom. The topological polar surface area (TPSA) is 67.2 Å². The average Bonchev–Trinajstić information content (AvgIpc) is 2.87. The second-order valence-corrected chi connectivity index (χ2v) is 9.69. The SMILES string of the molecule is CCN(CC)CCCn1c2c(c(SCC(=O)Nc3cccc4ccccc34)nc1=O)CCCC2. The molecule has 1 amide bonds. The molecule has 1 aliphatic carbocycles. The summed E-state index contributed by atoms with van der Waals surface area (Å²) in [6, 6.07) is 13.9. The van der Waals surface area contributed by atoms with Crippen molar-refractivity contribution in [1.29, 1.82) is 0 Å². The van der Waals surface area contributed by atoms with E-state index in [0.29, 0.717) is 6.54 Å². The van der Waals surface area contributed by atoms with Crippen molar-refractivity contribution in [2.45, 2.75) is 57.5 Å². The number of amides is 1. The van der Waals surface area contributed by atoms with E-state index in [9.17, 15) is 9.59 Å². The molecule has 1 N–H and O–H groups in total. The molecule has 0 radical (unpaired) electrons. The third kappa shape index (κ3) is 5.70. The molecule has 6 nitrogen and oxygen atoms in total. The van der Waals surface area contributed by atoms with Gasteiger partial charge in [0.05, 0.1) is 5.75 Å². The maximum atomic E-state index is 12.9. The van der Waals surface area contributed by atoms with Crippen LogP contribution in [0, 0.1) is 0 Å². The van der Waals surface area contributed by atoms with Gasteiger partial charge < -0.3 is 10.2 Å². The van der Waals surface area contributed by atoms with Crippen LogP contribution in [0.15, 0.2) is 52.3 Å². The number of thioether (sulfide) groups is 1. The van der Waals surface area contributed by atoms with Gasteiger partial charge in [-0.15, -0.1) is 0 Å². The summed E-state index contributed by atoms with van der Waals surface area (Å²) in [6.45, 7) is 8.08. The summed E-state index contributed by atoms with van der Waals surface area (Å²) in [5.74, 6) is 0.143. The van der Waals surface area contributed by atoms with Gasteiger partial charge in [-0.2, -0.15) is 4.98 Å². The molecule has 0 fully saturated rings. The van der Waals surface area contributed by atoms with Gasteiger partial charge in [-0.3, -0.25) is 9.36 Å². The Morgan fingerprint density at radius 2 is 1.85 bits per heavy atom. The minimum atomic E-state index is -0.183. The molecule has 3 aromatic rings. The van der Waals surface area contributed by atoms with Crippen molar-refractivity contribution in [3.63, 3.8) is 0 Å². The molecule has 0 bridgehead atoms. The third-order valence-corrected chi connectivity index (χ3v) is 7.62. The van der Waals surface area contributed by atoms with Crippen LogP contribution in [0.2, 0.25) is 0 Å². The van der Waals surface area contributed by atoms with E-state index in [0.717, 1.165) is 84.5 Å². The number of aromatic nitrogens is 2. The molecule has 1 aliphatic rings. The fraction of sp³-hybridized carbons (Fsp3) is 0.444. The zero-order valence-electron chi connectivity index (χ0n) is 20.2. The number of hydrogen-bond acceptors (Lipinski definition) is 5. The quantitative estimate of drug-likeness (QED) is 0.337. The number of nitrogens with one attached hydrogen (secondary N) is 1. The van der Waals surface area contributed by atoms with Crippen LogP contribution in [0.1, 0.15) is 44.4 Å². The molecule has 34 heavy (non-hydrogen) atoms. The minimum absolute atomic E-state index is 0.0869. The van der Waals surface area contributed by atoms with E-state index in [1.165, 1.54) is 11.8 Å². The van der Waals surface area contributed by atoms with Crippen LogP contribution in [0.4, 0.5) is 5.69 Å².